The van der Waals surface area contributed by atoms with Crippen LogP contribution in [0, 0.1) is 0 Å². The molecule has 0 fully saturated rings. The molecular weight excluding hydrogens is 394 g/mol. The van der Waals surface area contributed by atoms with Crippen LogP contribution in [0.1, 0.15) is 10.4 Å². The van der Waals surface area contributed by atoms with Gasteiger partial charge in [-0.15, -0.1) is 0 Å². The number of hydrogen-bond donors (Lipinski definition) is 1. The van der Waals surface area contributed by atoms with Crippen molar-refractivity contribution in [2.45, 2.75) is 0 Å². The van der Waals surface area contributed by atoms with Crippen LogP contribution in [0.25, 0.3) is 16.9 Å². The minimum Gasteiger partial charge on any atom is -0.497 e. The summed E-state index contributed by atoms with van der Waals surface area (Å²) in [6, 6.07) is 18.6. The maximum absolute atomic E-state index is 13.0. The van der Waals surface area contributed by atoms with Gasteiger partial charge in [-0.2, -0.15) is 5.10 Å². The number of benzene rings is 2. The maximum atomic E-state index is 13.0. The van der Waals surface area contributed by atoms with Crippen molar-refractivity contribution < 1.29 is 14.3 Å². The summed E-state index contributed by atoms with van der Waals surface area (Å²) in [4.78, 5) is 31.1. The molecule has 2 amide bonds. The van der Waals surface area contributed by atoms with Gasteiger partial charge in [0.25, 0.3) is 5.91 Å². The second-order valence-corrected chi connectivity index (χ2v) is 6.93. The topological polar surface area (TPSA) is 88.8 Å². The van der Waals surface area contributed by atoms with Gasteiger partial charge >= 0.3 is 0 Å². The lowest BCUT2D eigenvalue weighted by Gasteiger charge is -2.16. The van der Waals surface area contributed by atoms with Crippen molar-refractivity contribution in [3.05, 3.63) is 78.6 Å². The molecule has 2 aromatic heterocycles. The largest absolute Gasteiger partial charge is 0.497 e. The number of likely N-dealkylation sites (N-methyl/N-ethyl adjacent to an activating group) is 1. The smallest absolute Gasteiger partial charge is 0.259 e. The van der Waals surface area contributed by atoms with Crippen LogP contribution in [0.2, 0.25) is 0 Å². The number of nitrogens with zero attached hydrogens (tertiary/aromatic N) is 4. The van der Waals surface area contributed by atoms with Gasteiger partial charge in [0.15, 0.2) is 5.65 Å². The number of ether oxygens (including phenoxy) is 1. The lowest BCUT2D eigenvalue weighted by molar-refractivity contribution is -0.116. The van der Waals surface area contributed by atoms with E-state index >= 15 is 0 Å². The molecule has 0 aliphatic heterocycles. The number of fused-ring (bicyclic) bond motifs is 1. The molecule has 2 heterocycles. The molecule has 8 nitrogen and oxygen atoms in total. The Kier molecular flexibility index (Phi) is 5.61. The normalized spacial score (nSPS) is 10.6. The van der Waals surface area contributed by atoms with Gasteiger partial charge in [0.1, 0.15) is 11.3 Å². The zero-order valence-electron chi connectivity index (χ0n) is 17.1. The minimum absolute atomic E-state index is 0.119. The van der Waals surface area contributed by atoms with Crippen LogP contribution < -0.4 is 10.1 Å². The first-order valence-electron chi connectivity index (χ1n) is 9.64. The molecule has 2 aromatic carbocycles. The molecule has 1 N–H and O–H groups in total. The minimum atomic E-state index is -0.339. The summed E-state index contributed by atoms with van der Waals surface area (Å²) in [7, 11) is 3.12. The van der Waals surface area contributed by atoms with Crippen LogP contribution in [-0.4, -0.2) is 52.0 Å². The molecular formula is C23H21N5O3. The predicted octanol–water partition coefficient (Wildman–Crippen LogP) is 3.12. The predicted molar refractivity (Wildman–Crippen MR) is 117 cm³/mol. The van der Waals surface area contributed by atoms with Gasteiger partial charge in [-0.1, -0.05) is 36.4 Å². The Morgan fingerprint density at radius 2 is 1.90 bits per heavy atom. The molecule has 0 atom stereocenters. The number of anilines is 1. The Morgan fingerprint density at radius 3 is 2.68 bits per heavy atom. The fourth-order valence-electron chi connectivity index (χ4n) is 3.26. The highest BCUT2D eigenvalue weighted by Gasteiger charge is 2.21. The molecule has 31 heavy (non-hydrogen) atoms. The van der Waals surface area contributed by atoms with E-state index in [1.807, 2.05) is 36.4 Å². The standard InChI is InChI=1S/C23H21N5O3/c1-27(15-21(29)26-17-9-6-10-18(13-17)31-2)23(30)19-14-25-28-20(11-12-24-22(19)28)16-7-4-3-5-8-16/h3-14H,15H2,1-2H3,(H,26,29). The van der Waals surface area contributed by atoms with Crippen molar-refractivity contribution in [2.24, 2.45) is 0 Å². The van der Waals surface area contributed by atoms with E-state index in [0.29, 0.717) is 22.6 Å². The first-order valence-corrected chi connectivity index (χ1v) is 9.64. The highest BCUT2D eigenvalue weighted by atomic mass is 16.5. The van der Waals surface area contributed by atoms with Crippen LogP contribution in [0.15, 0.2) is 73.1 Å². The van der Waals surface area contributed by atoms with Crippen molar-refractivity contribution in [1.82, 2.24) is 19.5 Å². The molecule has 156 valence electrons. The Morgan fingerprint density at radius 1 is 1.10 bits per heavy atom. The highest BCUT2D eigenvalue weighted by molar-refractivity contribution is 6.02. The van der Waals surface area contributed by atoms with E-state index in [2.05, 4.69) is 15.4 Å². The lowest BCUT2D eigenvalue weighted by atomic mass is 10.1. The molecule has 4 aromatic rings. The summed E-state index contributed by atoms with van der Waals surface area (Å²) in [5.41, 5.74) is 3.14. The number of amides is 2. The summed E-state index contributed by atoms with van der Waals surface area (Å²) in [6.07, 6.45) is 3.12. The van der Waals surface area contributed by atoms with Gasteiger partial charge in [0.2, 0.25) is 5.91 Å². The van der Waals surface area contributed by atoms with Crippen molar-refractivity contribution in [1.29, 1.82) is 0 Å². The molecule has 4 rings (SSSR count). The van der Waals surface area contributed by atoms with E-state index in [1.165, 1.54) is 11.1 Å². The van der Waals surface area contributed by atoms with E-state index in [9.17, 15) is 9.59 Å². The number of carbonyl (C=O) groups is 2. The van der Waals surface area contributed by atoms with Crippen molar-refractivity contribution in [3.8, 4) is 17.0 Å². The van der Waals surface area contributed by atoms with Crippen molar-refractivity contribution >= 4 is 23.1 Å². The summed E-state index contributed by atoms with van der Waals surface area (Å²) >= 11 is 0. The second-order valence-electron chi connectivity index (χ2n) is 6.93. The highest BCUT2D eigenvalue weighted by Crippen LogP contribution is 2.21. The molecule has 0 saturated carbocycles. The maximum Gasteiger partial charge on any atom is 0.259 e. The fraction of sp³-hybridized carbons (Fsp3) is 0.130. The van der Waals surface area contributed by atoms with E-state index in [0.717, 1.165) is 11.3 Å². The Labute approximate surface area is 179 Å². The molecule has 0 aliphatic carbocycles. The number of aromatic nitrogens is 3. The van der Waals surface area contributed by atoms with Gasteiger partial charge in [-0.3, -0.25) is 9.59 Å². The average molecular weight is 415 g/mol. The molecule has 0 saturated heterocycles. The van der Waals surface area contributed by atoms with E-state index in [-0.39, 0.29) is 18.4 Å². The number of hydrogen-bond acceptors (Lipinski definition) is 5. The van der Waals surface area contributed by atoms with Crippen molar-refractivity contribution in [3.63, 3.8) is 0 Å². The Balaban J connectivity index is 1.52. The summed E-state index contributed by atoms with van der Waals surface area (Å²) in [5.74, 6) is -0.0269. The number of methoxy groups -OCH3 is 1. The summed E-state index contributed by atoms with van der Waals surface area (Å²) < 4.78 is 6.79. The average Bonchev–Trinajstić information content (AvgIpc) is 3.23. The number of rotatable bonds is 6. The van der Waals surface area contributed by atoms with E-state index in [4.69, 9.17) is 4.74 Å². The first-order chi connectivity index (χ1) is 15.1. The van der Waals surface area contributed by atoms with Gasteiger partial charge in [0, 0.05) is 30.6 Å². The SMILES string of the molecule is COc1cccc(NC(=O)CN(C)C(=O)c2cnn3c(-c4ccccc4)ccnc23)c1. The molecule has 0 bridgehead atoms. The fourth-order valence-corrected chi connectivity index (χ4v) is 3.26. The first kappa shape index (κ1) is 20.1. The number of carbonyl (C=O) groups excluding carboxylic acids is 2. The molecule has 0 unspecified atom stereocenters. The van der Waals surface area contributed by atoms with Crippen LogP contribution in [0.3, 0.4) is 0 Å². The Hall–Kier alpha value is -4.20. The third-order valence-electron chi connectivity index (χ3n) is 4.78. The molecule has 0 radical (unpaired) electrons. The molecule has 0 spiro atoms. The molecule has 0 aliphatic rings. The van der Waals surface area contributed by atoms with E-state index < -0.39 is 0 Å². The Bertz CT molecular complexity index is 1240. The zero-order valence-corrected chi connectivity index (χ0v) is 17.1. The monoisotopic (exact) mass is 415 g/mol. The van der Waals surface area contributed by atoms with Crippen LogP contribution >= 0.6 is 0 Å². The van der Waals surface area contributed by atoms with Gasteiger partial charge in [-0.25, -0.2) is 9.50 Å². The zero-order chi connectivity index (χ0) is 21.8. The van der Waals surface area contributed by atoms with E-state index in [1.54, 1.807) is 49.1 Å². The quantitative estimate of drug-likeness (QED) is 0.523. The van der Waals surface area contributed by atoms with Gasteiger partial charge < -0.3 is 15.0 Å². The van der Waals surface area contributed by atoms with Crippen molar-refractivity contribution in [2.75, 3.05) is 26.0 Å². The van der Waals surface area contributed by atoms with Crippen LogP contribution in [0.5, 0.6) is 5.75 Å². The van der Waals surface area contributed by atoms with Crippen LogP contribution in [-0.2, 0) is 4.79 Å². The lowest BCUT2D eigenvalue weighted by Crippen LogP contribution is -2.35. The van der Waals surface area contributed by atoms with Gasteiger partial charge in [0.05, 0.1) is 25.5 Å². The summed E-state index contributed by atoms with van der Waals surface area (Å²) in [5, 5.41) is 7.12. The second kappa shape index (κ2) is 8.66. The third kappa shape index (κ3) is 4.23. The molecule has 8 heteroatoms. The number of nitrogens with one attached hydrogen (secondary N) is 1. The van der Waals surface area contributed by atoms with Gasteiger partial charge in [-0.05, 0) is 18.2 Å². The third-order valence-corrected chi connectivity index (χ3v) is 4.78. The summed E-state index contributed by atoms with van der Waals surface area (Å²) in [6.45, 7) is -0.119. The van der Waals surface area contributed by atoms with Crippen LogP contribution in [0.4, 0.5) is 5.69 Å².